The van der Waals surface area contributed by atoms with Crippen molar-refractivity contribution in [1.82, 2.24) is 5.32 Å². The summed E-state index contributed by atoms with van der Waals surface area (Å²) in [5, 5.41) is 12.6. The minimum atomic E-state index is 0.225. The van der Waals surface area contributed by atoms with Crippen LogP contribution in [0.3, 0.4) is 0 Å². The zero-order valence-corrected chi connectivity index (χ0v) is 9.16. The molecule has 1 aromatic carbocycles. The highest BCUT2D eigenvalue weighted by molar-refractivity contribution is 5.41. The molecule has 0 fully saturated rings. The molecule has 3 heteroatoms. The van der Waals surface area contributed by atoms with Crippen LogP contribution in [0.1, 0.15) is 17.2 Å². The number of fused-ring (bicyclic) bond motifs is 1. The van der Waals surface area contributed by atoms with E-state index in [9.17, 15) is 5.11 Å². The van der Waals surface area contributed by atoms with Crippen LogP contribution >= 0.6 is 0 Å². The van der Waals surface area contributed by atoms with Gasteiger partial charge in [0.25, 0.3) is 0 Å². The second-order valence-electron chi connectivity index (χ2n) is 3.98. The number of aliphatic hydroxyl groups excluding tert-OH is 1. The highest BCUT2D eigenvalue weighted by Gasteiger charge is 2.30. The van der Waals surface area contributed by atoms with E-state index in [-0.39, 0.29) is 18.6 Å². The molecule has 0 bridgehead atoms. The molecule has 2 unspecified atom stereocenters. The van der Waals surface area contributed by atoms with Crippen LogP contribution in [0.25, 0.3) is 0 Å². The van der Waals surface area contributed by atoms with Gasteiger partial charge in [0.1, 0.15) is 5.75 Å². The zero-order valence-electron chi connectivity index (χ0n) is 9.16. The Kier molecular flexibility index (Phi) is 2.93. The molecule has 0 aliphatic heterocycles. The summed E-state index contributed by atoms with van der Waals surface area (Å²) in [5.41, 5.74) is 2.57. The summed E-state index contributed by atoms with van der Waals surface area (Å²) in [5.74, 6) is 1.17. The summed E-state index contributed by atoms with van der Waals surface area (Å²) in [6.07, 6.45) is 0.946. The fourth-order valence-corrected chi connectivity index (χ4v) is 2.39. The van der Waals surface area contributed by atoms with E-state index in [0.717, 1.165) is 12.2 Å². The standard InChI is InChI=1S/C12H17NO2/c1-13-12-9(7-14)5-8-3-4-10(15-2)6-11(8)12/h3-4,6,9,12-14H,5,7H2,1-2H3. The van der Waals surface area contributed by atoms with Gasteiger partial charge in [0.05, 0.1) is 7.11 Å². The highest BCUT2D eigenvalue weighted by atomic mass is 16.5. The van der Waals surface area contributed by atoms with Crippen molar-refractivity contribution in [2.45, 2.75) is 12.5 Å². The molecule has 82 valence electrons. The Labute approximate surface area is 90.1 Å². The van der Waals surface area contributed by atoms with Gasteiger partial charge in [0, 0.05) is 18.6 Å². The summed E-state index contributed by atoms with van der Waals surface area (Å²) >= 11 is 0. The Balaban J connectivity index is 2.36. The molecule has 2 N–H and O–H groups in total. The van der Waals surface area contributed by atoms with Crippen molar-refractivity contribution >= 4 is 0 Å². The number of methoxy groups -OCH3 is 1. The van der Waals surface area contributed by atoms with Crippen molar-refractivity contribution in [3.8, 4) is 5.75 Å². The van der Waals surface area contributed by atoms with E-state index < -0.39 is 0 Å². The van der Waals surface area contributed by atoms with Crippen molar-refractivity contribution in [2.75, 3.05) is 20.8 Å². The topological polar surface area (TPSA) is 41.5 Å². The first-order chi connectivity index (χ1) is 7.30. The quantitative estimate of drug-likeness (QED) is 0.780. The lowest BCUT2D eigenvalue weighted by Crippen LogP contribution is -2.23. The first-order valence-electron chi connectivity index (χ1n) is 5.25. The average Bonchev–Trinajstić information content (AvgIpc) is 2.65. The van der Waals surface area contributed by atoms with Crippen LogP contribution in [-0.2, 0) is 6.42 Å². The van der Waals surface area contributed by atoms with Gasteiger partial charge in [-0.1, -0.05) is 6.07 Å². The van der Waals surface area contributed by atoms with Gasteiger partial charge in [-0.25, -0.2) is 0 Å². The third-order valence-electron chi connectivity index (χ3n) is 3.19. The largest absolute Gasteiger partial charge is 0.497 e. The lowest BCUT2D eigenvalue weighted by Gasteiger charge is -2.17. The van der Waals surface area contributed by atoms with E-state index in [4.69, 9.17) is 4.74 Å². The maximum atomic E-state index is 9.29. The summed E-state index contributed by atoms with van der Waals surface area (Å²) in [6.45, 7) is 0.225. The average molecular weight is 207 g/mol. The molecule has 1 aromatic rings. The van der Waals surface area contributed by atoms with E-state index in [1.165, 1.54) is 11.1 Å². The van der Waals surface area contributed by atoms with Crippen LogP contribution < -0.4 is 10.1 Å². The van der Waals surface area contributed by atoms with Gasteiger partial charge < -0.3 is 15.2 Å². The summed E-state index contributed by atoms with van der Waals surface area (Å²) in [7, 11) is 3.61. The summed E-state index contributed by atoms with van der Waals surface area (Å²) in [6, 6.07) is 6.38. The summed E-state index contributed by atoms with van der Waals surface area (Å²) in [4.78, 5) is 0. The Bertz CT molecular complexity index is 351. The minimum absolute atomic E-state index is 0.225. The van der Waals surface area contributed by atoms with E-state index in [1.54, 1.807) is 7.11 Å². The molecule has 0 heterocycles. The van der Waals surface area contributed by atoms with E-state index in [1.807, 2.05) is 13.1 Å². The zero-order chi connectivity index (χ0) is 10.8. The van der Waals surface area contributed by atoms with Gasteiger partial charge in [-0.2, -0.15) is 0 Å². The number of hydrogen-bond donors (Lipinski definition) is 2. The molecule has 0 aromatic heterocycles. The first kappa shape index (κ1) is 10.5. The van der Waals surface area contributed by atoms with Crippen LogP contribution in [0.5, 0.6) is 5.75 Å². The molecule has 1 aliphatic carbocycles. The first-order valence-corrected chi connectivity index (χ1v) is 5.25. The number of aliphatic hydroxyl groups is 1. The van der Waals surface area contributed by atoms with Gasteiger partial charge >= 0.3 is 0 Å². The number of benzene rings is 1. The smallest absolute Gasteiger partial charge is 0.119 e. The predicted molar refractivity (Wildman–Crippen MR) is 59.1 cm³/mol. The molecule has 0 amide bonds. The molecular formula is C12H17NO2. The molecule has 2 atom stereocenters. The molecule has 0 radical (unpaired) electrons. The second-order valence-corrected chi connectivity index (χ2v) is 3.98. The van der Waals surface area contributed by atoms with Crippen molar-refractivity contribution < 1.29 is 9.84 Å². The van der Waals surface area contributed by atoms with E-state index in [0.29, 0.717) is 0 Å². The lowest BCUT2D eigenvalue weighted by molar-refractivity contribution is 0.203. The SMILES string of the molecule is CNC1c2cc(OC)ccc2CC1CO. The predicted octanol–water partition coefficient (Wildman–Crippen LogP) is 1.12. The van der Waals surface area contributed by atoms with E-state index >= 15 is 0 Å². The second kappa shape index (κ2) is 4.21. The van der Waals surface area contributed by atoms with Gasteiger partial charge in [-0.15, -0.1) is 0 Å². The third-order valence-corrected chi connectivity index (χ3v) is 3.19. The highest BCUT2D eigenvalue weighted by Crippen LogP contribution is 2.37. The number of rotatable bonds is 3. The molecular weight excluding hydrogens is 190 g/mol. The van der Waals surface area contributed by atoms with Crippen molar-refractivity contribution in [1.29, 1.82) is 0 Å². The van der Waals surface area contributed by atoms with Crippen LogP contribution in [0.2, 0.25) is 0 Å². The van der Waals surface area contributed by atoms with Crippen molar-refractivity contribution in [3.63, 3.8) is 0 Å². The Morgan fingerprint density at radius 1 is 1.53 bits per heavy atom. The number of ether oxygens (including phenoxy) is 1. The van der Waals surface area contributed by atoms with Gasteiger partial charge in [-0.3, -0.25) is 0 Å². The van der Waals surface area contributed by atoms with Crippen LogP contribution in [0.15, 0.2) is 18.2 Å². The van der Waals surface area contributed by atoms with Gasteiger partial charge in [0.15, 0.2) is 0 Å². The van der Waals surface area contributed by atoms with Crippen LogP contribution in [0, 0.1) is 5.92 Å². The maximum Gasteiger partial charge on any atom is 0.119 e. The normalized spacial score (nSPS) is 23.9. The van der Waals surface area contributed by atoms with Crippen molar-refractivity contribution in [3.05, 3.63) is 29.3 Å². The molecule has 15 heavy (non-hydrogen) atoms. The van der Waals surface area contributed by atoms with Gasteiger partial charge in [-0.05, 0) is 36.7 Å². The van der Waals surface area contributed by atoms with E-state index in [2.05, 4.69) is 17.4 Å². The number of nitrogens with one attached hydrogen (secondary N) is 1. The van der Waals surface area contributed by atoms with Crippen LogP contribution in [0.4, 0.5) is 0 Å². The third kappa shape index (κ3) is 1.73. The number of hydrogen-bond acceptors (Lipinski definition) is 3. The Hall–Kier alpha value is -1.06. The monoisotopic (exact) mass is 207 g/mol. The molecule has 0 spiro atoms. The Morgan fingerprint density at radius 3 is 2.93 bits per heavy atom. The lowest BCUT2D eigenvalue weighted by atomic mass is 10.0. The minimum Gasteiger partial charge on any atom is -0.497 e. The molecule has 3 nitrogen and oxygen atoms in total. The molecule has 2 rings (SSSR count). The fraction of sp³-hybridized carbons (Fsp3) is 0.500. The summed E-state index contributed by atoms with van der Waals surface area (Å²) < 4.78 is 5.21. The van der Waals surface area contributed by atoms with Crippen molar-refractivity contribution in [2.24, 2.45) is 5.92 Å². The van der Waals surface area contributed by atoms with Crippen LogP contribution in [-0.4, -0.2) is 25.9 Å². The van der Waals surface area contributed by atoms with Gasteiger partial charge in [0.2, 0.25) is 0 Å². The molecule has 1 aliphatic rings. The maximum absolute atomic E-state index is 9.29. The molecule has 0 saturated carbocycles. The fourth-order valence-electron chi connectivity index (χ4n) is 2.39. The Morgan fingerprint density at radius 2 is 2.33 bits per heavy atom. The molecule has 0 saturated heterocycles.